The number of carboxylic acid groups (broad SMARTS) is 1. The molecule has 1 aliphatic heterocycles. The van der Waals surface area contributed by atoms with E-state index in [0.717, 1.165) is 0 Å². The normalized spacial score (nSPS) is 23.4. The van der Waals surface area contributed by atoms with Gasteiger partial charge in [0.25, 0.3) is 0 Å². The van der Waals surface area contributed by atoms with Crippen molar-refractivity contribution in [2.75, 3.05) is 26.7 Å². The van der Waals surface area contributed by atoms with E-state index in [-0.39, 0.29) is 25.5 Å². The van der Waals surface area contributed by atoms with Crippen LogP contribution in [0.3, 0.4) is 0 Å². The molecule has 1 saturated heterocycles. The molecule has 2 atom stereocenters. The standard InChI is InChI=1S/C12H21N3O5/c1-12(10(13)18)3-4-15(7-12)11(19)14-6-8(20-2)5-9(16)17/h8H,3-7H2,1-2H3,(H2,13,18)(H,14,19)(H,16,17). The lowest BCUT2D eigenvalue weighted by atomic mass is 9.89. The van der Waals surface area contributed by atoms with E-state index in [1.807, 2.05) is 0 Å². The first kappa shape index (κ1) is 16.2. The number of rotatable bonds is 6. The lowest BCUT2D eigenvalue weighted by Gasteiger charge is -2.22. The van der Waals surface area contributed by atoms with Gasteiger partial charge in [-0.3, -0.25) is 9.59 Å². The molecule has 0 aliphatic carbocycles. The van der Waals surface area contributed by atoms with Crippen molar-refractivity contribution < 1.29 is 24.2 Å². The van der Waals surface area contributed by atoms with Gasteiger partial charge in [0, 0.05) is 26.7 Å². The third kappa shape index (κ3) is 4.09. The Morgan fingerprint density at radius 2 is 2.15 bits per heavy atom. The van der Waals surface area contributed by atoms with Crippen LogP contribution < -0.4 is 11.1 Å². The fourth-order valence-electron chi connectivity index (χ4n) is 2.08. The average molecular weight is 287 g/mol. The van der Waals surface area contributed by atoms with Gasteiger partial charge in [-0.25, -0.2) is 4.79 Å². The first-order valence-electron chi connectivity index (χ1n) is 6.36. The molecule has 0 aromatic heterocycles. The molecule has 0 bridgehead atoms. The summed E-state index contributed by atoms with van der Waals surface area (Å²) < 4.78 is 4.97. The summed E-state index contributed by atoms with van der Waals surface area (Å²) in [4.78, 5) is 35.3. The lowest BCUT2D eigenvalue weighted by Crippen LogP contribution is -2.44. The monoisotopic (exact) mass is 287 g/mol. The molecule has 2 unspecified atom stereocenters. The van der Waals surface area contributed by atoms with Gasteiger partial charge < -0.3 is 25.8 Å². The van der Waals surface area contributed by atoms with Gasteiger partial charge in [-0.1, -0.05) is 0 Å². The Morgan fingerprint density at radius 3 is 2.60 bits per heavy atom. The molecular weight excluding hydrogens is 266 g/mol. The Labute approximate surface area is 117 Å². The number of nitrogens with one attached hydrogen (secondary N) is 1. The summed E-state index contributed by atoms with van der Waals surface area (Å²) in [6.07, 6.45) is -0.240. The number of likely N-dealkylation sites (tertiary alicyclic amines) is 1. The lowest BCUT2D eigenvalue weighted by molar-refractivity contribution is -0.139. The topological polar surface area (TPSA) is 122 Å². The fraction of sp³-hybridized carbons (Fsp3) is 0.750. The predicted molar refractivity (Wildman–Crippen MR) is 69.9 cm³/mol. The van der Waals surface area contributed by atoms with Gasteiger partial charge in [0.1, 0.15) is 0 Å². The summed E-state index contributed by atoms with van der Waals surface area (Å²) >= 11 is 0. The maximum atomic E-state index is 11.9. The first-order chi connectivity index (χ1) is 9.28. The highest BCUT2D eigenvalue weighted by atomic mass is 16.5. The number of hydrogen-bond donors (Lipinski definition) is 3. The molecule has 3 amide bonds. The smallest absolute Gasteiger partial charge is 0.317 e. The predicted octanol–water partition coefficient (Wildman–Crippen LogP) is -0.617. The van der Waals surface area contributed by atoms with E-state index < -0.39 is 23.4 Å². The van der Waals surface area contributed by atoms with E-state index in [1.54, 1.807) is 6.92 Å². The molecule has 0 radical (unpaired) electrons. The second-order valence-corrected chi connectivity index (χ2v) is 5.24. The molecule has 1 heterocycles. The Kier molecular flexibility index (Phi) is 5.32. The number of amides is 3. The van der Waals surface area contributed by atoms with Crippen LogP contribution >= 0.6 is 0 Å². The minimum atomic E-state index is -0.992. The van der Waals surface area contributed by atoms with Gasteiger partial charge in [0.05, 0.1) is 17.9 Å². The second kappa shape index (κ2) is 6.56. The molecule has 0 spiro atoms. The number of methoxy groups -OCH3 is 1. The number of carbonyl (C=O) groups is 3. The van der Waals surface area contributed by atoms with Crippen molar-refractivity contribution in [3.8, 4) is 0 Å². The molecule has 1 aliphatic rings. The van der Waals surface area contributed by atoms with Crippen molar-refractivity contribution in [2.24, 2.45) is 11.1 Å². The van der Waals surface area contributed by atoms with Crippen LogP contribution in [0.2, 0.25) is 0 Å². The molecule has 8 heteroatoms. The van der Waals surface area contributed by atoms with E-state index in [0.29, 0.717) is 13.0 Å². The summed E-state index contributed by atoms with van der Waals surface area (Å²) in [5.41, 5.74) is 4.61. The molecule has 0 aromatic carbocycles. The number of carboxylic acids is 1. The van der Waals surface area contributed by atoms with Crippen LogP contribution in [0.15, 0.2) is 0 Å². The summed E-state index contributed by atoms with van der Waals surface area (Å²) in [6.45, 7) is 2.54. The molecule has 1 rings (SSSR count). The number of hydrogen-bond acceptors (Lipinski definition) is 4. The minimum Gasteiger partial charge on any atom is -0.481 e. The fourth-order valence-corrected chi connectivity index (χ4v) is 2.08. The van der Waals surface area contributed by atoms with E-state index in [2.05, 4.69) is 5.32 Å². The Bertz CT molecular complexity index is 401. The number of ether oxygens (including phenoxy) is 1. The van der Waals surface area contributed by atoms with E-state index in [4.69, 9.17) is 15.6 Å². The van der Waals surface area contributed by atoms with Gasteiger partial charge in [-0.15, -0.1) is 0 Å². The SMILES string of the molecule is COC(CNC(=O)N1CCC(C)(C(N)=O)C1)CC(=O)O. The number of carbonyl (C=O) groups excluding carboxylic acids is 2. The van der Waals surface area contributed by atoms with Crippen LogP contribution in [0.25, 0.3) is 0 Å². The molecular formula is C12H21N3O5. The highest BCUT2D eigenvalue weighted by Gasteiger charge is 2.40. The van der Waals surface area contributed by atoms with Gasteiger partial charge in [0.2, 0.25) is 5.91 Å². The van der Waals surface area contributed by atoms with Crippen LogP contribution in [-0.4, -0.2) is 60.8 Å². The Morgan fingerprint density at radius 1 is 1.50 bits per heavy atom. The van der Waals surface area contributed by atoms with Crippen LogP contribution in [0.1, 0.15) is 19.8 Å². The average Bonchev–Trinajstić information content (AvgIpc) is 2.78. The van der Waals surface area contributed by atoms with Crippen LogP contribution in [0, 0.1) is 5.41 Å². The summed E-state index contributed by atoms with van der Waals surface area (Å²) in [5, 5.41) is 11.3. The van der Waals surface area contributed by atoms with Crippen molar-refractivity contribution in [3.63, 3.8) is 0 Å². The number of primary amides is 1. The second-order valence-electron chi connectivity index (χ2n) is 5.24. The van der Waals surface area contributed by atoms with Crippen molar-refractivity contribution in [3.05, 3.63) is 0 Å². The minimum absolute atomic E-state index is 0.103. The molecule has 114 valence electrons. The molecule has 8 nitrogen and oxygen atoms in total. The van der Waals surface area contributed by atoms with Gasteiger partial charge in [0.15, 0.2) is 0 Å². The Hall–Kier alpha value is -1.83. The van der Waals surface area contributed by atoms with E-state index in [1.165, 1.54) is 12.0 Å². The molecule has 20 heavy (non-hydrogen) atoms. The zero-order chi connectivity index (χ0) is 15.3. The number of aliphatic carboxylic acids is 1. The van der Waals surface area contributed by atoms with E-state index in [9.17, 15) is 14.4 Å². The number of nitrogens with two attached hydrogens (primary N) is 1. The molecule has 1 fully saturated rings. The van der Waals surface area contributed by atoms with Gasteiger partial charge in [-0.05, 0) is 13.3 Å². The highest BCUT2D eigenvalue weighted by molar-refractivity contribution is 5.83. The maximum Gasteiger partial charge on any atom is 0.317 e. The van der Waals surface area contributed by atoms with Crippen molar-refractivity contribution in [1.29, 1.82) is 0 Å². The third-order valence-corrected chi connectivity index (χ3v) is 3.57. The molecule has 0 aromatic rings. The summed E-state index contributed by atoms with van der Waals surface area (Å²) in [5.74, 6) is -1.41. The molecule has 0 saturated carbocycles. The number of nitrogens with zero attached hydrogens (tertiary/aromatic N) is 1. The Balaban J connectivity index is 2.44. The van der Waals surface area contributed by atoms with Crippen LogP contribution in [-0.2, 0) is 14.3 Å². The summed E-state index contributed by atoms with van der Waals surface area (Å²) in [7, 11) is 1.39. The number of urea groups is 1. The van der Waals surface area contributed by atoms with Crippen molar-refractivity contribution >= 4 is 17.9 Å². The van der Waals surface area contributed by atoms with E-state index >= 15 is 0 Å². The quantitative estimate of drug-likeness (QED) is 0.601. The zero-order valence-electron chi connectivity index (χ0n) is 11.7. The van der Waals surface area contributed by atoms with Crippen molar-refractivity contribution in [2.45, 2.75) is 25.9 Å². The maximum absolute atomic E-state index is 11.9. The zero-order valence-corrected chi connectivity index (χ0v) is 11.7. The first-order valence-corrected chi connectivity index (χ1v) is 6.36. The highest BCUT2D eigenvalue weighted by Crippen LogP contribution is 2.29. The third-order valence-electron chi connectivity index (χ3n) is 3.57. The molecule has 4 N–H and O–H groups in total. The largest absolute Gasteiger partial charge is 0.481 e. The van der Waals surface area contributed by atoms with Gasteiger partial charge >= 0.3 is 12.0 Å². The van der Waals surface area contributed by atoms with Crippen LogP contribution in [0.5, 0.6) is 0 Å². The van der Waals surface area contributed by atoms with Crippen molar-refractivity contribution in [1.82, 2.24) is 10.2 Å². The van der Waals surface area contributed by atoms with Crippen LogP contribution in [0.4, 0.5) is 4.79 Å². The van der Waals surface area contributed by atoms with Gasteiger partial charge in [-0.2, -0.15) is 0 Å². The summed E-state index contributed by atoms with van der Waals surface area (Å²) in [6, 6.07) is -0.345.